The molecule has 0 atom stereocenters. The third kappa shape index (κ3) is 5.38. The van der Waals surface area contributed by atoms with Crippen LogP contribution in [0, 0.1) is 0 Å². The maximum Gasteiger partial charge on any atom is 0.251 e. The summed E-state index contributed by atoms with van der Waals surface area (Å²) < 4.78 is 10.3. The number of carbonyl (C=O) groups excluding carboxylic acids is 2. The highest BCUT2D eigenvalue weighted by Gasteiger charge is 2.09. The molecule has 0 aliphatic carbocycles. The van der Waals surface area contributed by atoms with Crippen molar-refractivity contribution in [3.8, 4) is 5.75 Å². The monoisotopic (exact) mass is 379 g/mol. The molecular weight excluding hydrogens is 358 g/mol. The predicted molar refractivity (Wildman–Crippen MR) is 106 cm³/mol. The van der Waals surface area contributed by atoms with Gasteiger partial charge in [-0.1, -0.05) is 12.1 Å². The van der Waals surface area contributed by atoms with Gasteiger partial charge in [0.1, 0.15) is 11.5 Å². The summed E-state index contributed by atoms with van der Waals surface area (Å²) in [4.78, 5) is 24.4. The van der Waals surface area contributed by atoms with Crippen LogP contribution in [-0.2, 0) is 11.3 Å². The SMILES string of the molecule is COc1cccc(NCC(=O)Nc2cccc(C(=O)NCc3ccco3)c2)c1. The number of furan rings is 1. The third-order valence-corrected chi connectivity index (χ3v) is 3.93. The van der Waals surface area contributed by atoms with Gasteiger partial charge in [-0.05, 0) is 42.5 Å². The van der Waals surface area contributed by atoms with E-state index in [-0.39, 0.29) is 18.4 Å². The zero-order valence-electron chi connectivity index (χ0n) is 15.4. The molecule has 3 N–H and O–H groups in total. The Morgan fingerprint density at radius 2 is 1.82 bits per heavy atom. The van der Waals surface area contributed by atoms with Crippen molar-refractivity contribution >= 4 is 23.2 Å². The van der Waals surface area contributed by atoms with Gasteiger partial charge in [0.2, 0.25) is 5.91 Å². The third-order valence-electron chi connectivity index (χ3n) is 3.93. The Balaban J connectivity index is 1.52. The summed E-state index contributed by atoms with van der Waals surface area (Å²) in [7, 11) is 1.59. The molecule has 3 aromatic rings. The average Bonchev–Trinajstić information content (AvgIpc) is 3.24. The topological polar surface area (TPSA) is 92.6 Å². The molecule has 3 rings (SSSR count). The van der Waals surface area contributed by atoms with Gasteiger partial charge in [0, 0.05) is 23.0 Å². The standard InChI is InChI=1S/C21H21N3O4/c1-27-18-8-3-6-16(12-18)22-14-20(25)24-17-7-2-5-15(11-17)21(26)23-13-19-9-4-10-28-19/h2-12,22H,13-14H2,1H3,(H,23,26)(H,24,25). The minimum Gasteiger partial charge on any atom is -0.497 e. The quantitative estimate of drug-likeness (QED) is 0.559. The van der Waals surface area contributed by atoms with Crippen LogP contribution in [0.25, 0.3) is 0 Å². The van der Waals surface area contributed by atoms with E-state index < -0.39 is 0 Å². The second kappa shape index (κ2) is 9.27. The van der Waals surface area contributed by atoms with Crippen LogP contribution in [0.5, 0.6) is 5.75 Å². The first kappa shape index (κ1) is 19.0. The highest BCUT2D eigenvalue weighted by Crippen LogP contribution is 2.16. The highest BCUT2D eigenvalue weighted by atomic mass is 16.5. The Bertz CT molecular complexity index is 938. The number of methoxy groups -OCH3 is 1. The molecule has 0 fully saturated rings. The smallest absolute Gasteiger partial charge is 0.251 e. The molecule has 144 valence electrons. The predicted octanol–water partition coefficient (Wildman–Crippen LogP) is 3.27. The number of anilines is 2. The number of nitrogens with one attached hydrogen (secondary N) is 3. The van der Waals surface area contributed by atoms with Crippen molar-refractivity contribution < 1.29 is 18.7 Å². The average molecular weight is 379 g/mol. The number of carbonyl (C=O) groups is 2. The van der Waals surface area contributed by atoms with E-state index >= 15 is 0 Å². The molecule has 2 amide bonds. The van der Waals surface area contributed by atoms with Gasteiger partial charge >= 0.3 is 0 Å². The molecule has 7 nitrogen and oxygen atoms in total. The summed E-state index contributed by atoms with van der Waals surface area (Å²) in [6.07, 6.45) is 1.55. The van der Waals surface area contributed by atoms with E-state index in [9.17, 15) is 9.59 Å². The zero-order valence-corrected chi connectivity index (χ0v) is 15.4. The van der Waals surface area contributed by atoms with Crippen molar-refractivity contribution in [3.63, 3.8) is 0 Å². The lowest BCUT2D eigenvalue weighted by molar-refractivity contribution is -0.114. The molecule has 0 spiro atoms. The number of hydrogen-bond acceptors (Lipinski definition) is 5. The van der Waals surface area contributed by atoms with Gasteiger partial charge in [-0.25, -0.2) is 0 Å². The van der Waals surface area contributed by atoms with Crippen LogP contribution >= 0.6 is 0 Å². The Morgan fingerprint density at radius 3 is 2.61 bits per heavy atom. The van der Waals surface area contributed by atoms with Crippen LogP contribution in [-0.4, -0.2) is 25.5 Å². The molecule has 1 aromatic heterocycles. The molecule has 28 heavy (non-hydrogen) atoms. The Kier molecular flexibility index (Phi) is 6.30. The van der Waals surface area contributed by atoms with E-state index in [4.69, 9.17) is 9.15 Å². The second-order valence-electron chi connectivity index (χ2n) is 5.98. The normalized spacial score (nSPS) is 10.2. The molecule has 0 aliphatic rings. The molecule has 0 unspecified atom stereocenters. The Morgan fingerprint density at radius 1 is 1.00 bits per heavy atom. The van der Waals surface area contributed by atoms with Crippen LogP contribution in [0.3, 0.4) is 0 Å². The highest BCUT2D eigenvalue weighted by molar-refractivity contribution is 5.98. The Labute approximate surface area is 162 Å². The molecule has 7 heteroatoms. The summed E-state index contributed by atoms with van der Waals surface area (Å²) in [5.41, 5.74) is 1.77. The van der Waals surface area contributed by atoms with Crippen LogP contribution in [0.1, 0.15) is 16.1 Å². The lowest BCUT2D eigenvalue weighted by Crippen LogP contribution is -2.24. The van der Waals surface area contributed by atoms with Gasteiger partial charge in [-0.2, -0.15) is 0 Å². The van der Waals surface area contributed by atoms with Gasteiger partial charge in [-0.3, -0.25) is 9.59 Å². The maximum atomic E-state index is 12.3. The lowest BCUT2D eigenvalue weighted by Gasteiger charge is -2.10. The van der Waals surface area contributed by atoms with Crippen LogP contribution in [0.2, 0.25) is 0 Å². The molecule has 0 saturated carbocycles. The molecule has 2 aromatic carbocycles. The first-order valence-corrected chi connectivity index (χ1v) is 8.72. The lowest BCUT2D eigenvalue weighted by atomic mass is 10.2. The summed E-state index contributed by atoms with van der Waals surface area (Å²) in [6.45, 7) is 0.384. The first-order chi connectivity index (χ1) is 13.6. The number of ether oxygens (including phenoxy) is 1. The fourth-order valence-corrected chi connectivity index (χ4v) is 2.54. The van der Waals surface area contributed by atoms with Crippen LogP contribution < -0.4 is 20.7 Å². The molecule has 0 radical (unpaired) electrons. The van der Waals surface area contributed by atoms with Gasteiger partial charge in [0.25, 0.3) is 5.91 Å². The molecule has 1 heterocycles. The number of hydrogen-bond donors (Lipinski definition) is 3. The zero-order chi connectivity index (χ0) is 19.8. The van der Waals surface area contributed by atoms with Crippen molar-refractivity contribution in [1.82, 2.24) is 5.32 Å². The van der Waals surface area contributed by atoms with Gasteiger partial charge in [0.05, 0.1) is 26.5 Å². The van der Waals surface area contributed by atoms with Crippen molar-refractivity contribution in [1.29, 1.82) is 0 Å². The van der Waals surface area contributed by atoms with Gasteiger partial charge in [-0.15, -0.1) is 0 Å². The van der Waals surface area contributed by atoms with E-state index in [0.29, 0.717) is 29.3 Å². The molecule has 0 aliphatic heterocycles. The maximum absolute atomic E-state index is 12.3. The van der Waals surface area contributed by atoms with E-state index in [1.54, 1.807) is 55.8 Å². The van der Waals surface area contributed by atoms with E-state index in [1.165, 1.54) is 0 Å². The number of benzene rings is 2. The van der Waals surface area contributed by atoms with E-state index in [1.807, 2.05) is 18.2 Å². The summed E-state index contributed by atoms with van der Waals surface area (Å²) in [5.74, 6) is 0.901. The van der Waals surface area contributed by atoms with Crippen molar-refractivity contribution in [2.45, 2.75) is 6.54 Å². The second-order valence-corrected chi connectivity index (χ2v) is 5.98. The van der Waals surface area contributed by atoms with E-state index in [0.717, 1.165) is 5.69 Å². The van der Waals surface area contributed by atoms with Crippen molar-refractivity contribution in [3.05, 3.63) is 78.3 Å². The minimum absolute atomic E-state index is 0.0854. The summed E-state index contributed by atoms with van der Waals surface area (Å²) >= 11 is 0. The number of amides is 2. The largest absolute Gasteiger partial charge is 0.497 e. The van der Waals surface area contributed by atoms with Crippen LogP contribution in [0.4, 0.5) is 11.4 Å². The summed E-state index contributed by atoms with van der Waals surface area (Å²) in [5, 5.41) is 8.58. The first-order valence-electron chi connectivity index (χ1n) is 8.72. The molecule has 0 saturated heterocycles. The molecule has 0 bridgehead atoms. The van der Waals surface area contributed by atoms with Crippen LogP contribution in [0.15, 0.2) is 71.3 Å². The van der Waals surface area contributed by atoms with Crippen molar-refractivity contribution in [2.75, 3.05) is 24.3 Å². The fourth-order valence-electron chi connectivity index (χ4n) is 2.54. The summed E-state index contributed by atoms with van der Waals surface area (Å²) in [6, 6.07) is 17.6. The number of rotatable bonds is 8. The van der Waals surface area contributed by atoms with Crippen molar-refractivity contribution in [2.24, 2.45) is 0 Å². The Hall–Kier alpha value is -3.74. The fraction of sp³-hybridized carbons (Fsp3) is 0.143. The van der Waals surface area contributed by atoms with Gasteiger partial charge in [0.15, 0.2) is 0 Å². The molecular formula is C21H21N3O4. The van der Waals surface area contributed by atoms with Gasteiger partial charge < -0.3 is 25.1 Å². The van der Waals surface area contributed by atoms with E-state index in [2.05, 4.69) is 16.0 Å². The minimum atomic E-state index is -0.248.